The Morgan fingerprint density at radius 3 is 3.00 bits per heavy atom. The van der Waals surface area contributed by atoms with Gasteiger partial charge in [-0.25, -0.2) is 19.7 Å². The second kappa shape index (κ2) is 8.55. The lowest BCUT2D eigenvalue weighted by Gasteiger charge is -2.32. The van der Waals surface area contributed by atoms with E-state index in [1.54, 1.807) is 25.2 Å². The summed E-state index contributed by atoms with van der Waals surface area (Å²) in [7, 11) is 0. The topological polar surface area (TPSA) is 80.2 Å². The van der Waals surface area contributed by atoms with Crippen molar-refractivity contribution in [3.05, 3.63) is 28.7 Å². The van der Waals surface area contributed by atoms with Crippen LogP contribution in [0.5, 0.6) is 0 Å². The number of likely N-dealkylation sites (tertiary alicyclic amines) is 1. The molecule has 1 aliphatic heterocycles. The van der Waals surface area contributed by atoms with E-state index in [4.69, 9.17) is 4.74 Å². The molecule has 2 aromatic heterocycles. The summed E-state index contributed by atoms with van der Waals surface area (Å²) in [6.45, 7) is 8.20. The number of aryl methyl sites for hydroxylation is 1. The van der Waals surface area contributed by atoms with E-state index in [0.29, 0.717) is 35.0 Å². The number of piperidine rings is 1. The van der Waals surface area contributed by atoms with Crippen molar-refractivity contribution in [3.63, 3.8) is 0 Å². The number of anilines is 2. The standard InChI is InChI=1S/C18H25N5O2S/c1-4-25-17(24)15-10-19-13(3)21-16(15)22-18-20-9-14(26-18)11-23-8-6-5-7-12(23)2/h9-10,12H,4-8,11H2,1-3H3,(H,19,20,21,22). The number of aromatic nitrogens is 3. The number of carbonyl (C=O) groups is 1. The molecule has 0 spiro atoms. The average molecular weight is 375 g/mol. The summed E-state index contributed by atoms with van der Waals surface area (Å²) in [5.74, 6) is 0.580. The van der Waals surface area contributed by atoms with E-state index < -0.39 is 5.97 Å². The Morgan fingerprint density at radius 1 is 1.38 bits per heavy atom. The van der Waals surface area contributed by atoms with Crippen molar-refractivity contribution >= 4 is 28.3 Å². The van der Waals surface area contributed by atoms with Gasteiger partial charge in [-0.15, -0.1) is 11.3 Å². The number of hydrogen-bond acceptors (Lipinski definition) is 8. The highest BCUT2D eigenvalue weighted by Gasteiger charge is 2.20. The average Bonchev–Trinajstić information content (AvgIpc) is 3.04. The summed E-state index contributed by atoms with van der Waals surface area (Å²) in [6.07, 6.45) is 7.22. The van der Waals surface area contributed by atoms with Crippen molar-refractivity contribution < 1.29 is 9.53 Å². The highest BCUT2D eigenvalue weighted by Crippen LogP contribution is 2.27. The summed E-state index contributed by atoms with van der Waals surface area (Å²) >= 11 is 1.59. The maximum Gasteiger partial charge on any atom is 0.343 e. The number of rotatable bonds is 6. The van der Waals surface area contributed by atoms with Crippen LogP contribution in [0.25, 0.3) is 0 Å². The fraction of sp³-hybridized carbons (Fsp3) is 0.556. The number of nitrogens with zero attached hydrogens (tertiary/aromatic N) is 4. The fourth-order valence-electron chi connectivity index (χ4n) is 3.06. The lowest BCUT2D eigenvalue weighted by atomic mass is 10.0. The van der Waals surface area contributed by atoms with Crippen LogP contribution < -0.4 is 5.32 Å². The van der Waals surface area contributed by atoms with Gasteiger partial charge in [-0.05, 0) is 40.2 Å². The van der Waals surface area contributed by atoms with E-state index in [-0.39, 0.29) is 0 Å². The number of esters is 1. The minimum Gasteiger partial charge on any atom is -0.462 e. The van der Waals surface area contributed by atoms with Crippen molar-refractivity contribution in [1.29, 1.82) is 0 Å². The molecule has 1 unspecified atom stereocenters. The van der Waals surface area contributed by atoms with Crippen LogP contribution in [0.1, 0.15) is 54.2 Å². The molecular weight excluding hydrogens is 350 g/mol. The molecule has 1 aliphatic rings. The maximum absolute atomic E-state index is 12.1. The van der Waals surface area contributed by atoms with Crippen LogP contribution >= 0.6 is 11.3 Å². The number of nitrogens with one attached hydrogen (secondary N) is 1. The third-order valence-corrected chi connectivity index (χ3v) is 5.38. The number of hydrogen-bond donors (Lipinski definition) is 1. The molecule has 2 aromatic rings. The molecule has 0 saturated carbocycles. The first-order valence-electron chi connectivity index (χ1n) is 9.03. The van der Waals surface area contributed by atoms with Crippen molar-refractivity contribution in [2.75, 3.05) is 18.5 Å². The Kier molecular flexibility index (Phi) is 6.16. The molecule has 0 radical (unpaired) electrons. The first-order valence-corrected chi connectivity index (χ1v) is 9.85. The predicted molar refractivity (Wildman–Crippen MR) is 102 cm³/mol. The molecule has 0 amide bonds. The SMILES string of the molecule is CCOC(=O)c1cnc(C)nc1Nc1ncc(CN2CCCCC2C)s1. The predicted octanol–water partition coefficient (Wildman–Crippen LogP) is 3.54. The van der Waals surface area contributed by atoms with Crippen LogP contribution in [0.3, 0.4) is 0 Å². The zero-order chi connectivity index (χ0) is 18.5. The Morgan fingerprint density at radius 2 is 2.23 bits per heavy atom. The highest BCUT2D eigenvalue weighted by molar-refractivity contribution is 7.15. The quantitative estimate of drug-likeness (QED) is 0.774. The summed E-state index contributed by atoms with van der Waals surface area (Å²) in [5, 5.41) is 3.87. The number of thiazole rings is 1. The van der Waals surface area contributed by atoms with Gasteiger partial charge in [-0.2, -0.15) is 0 Å². The van der Waals surface area contributed by atoms with E-state index in [1.165, 1.54) is 30.3 Å². The Balaban J connectivity index is 1.72. The van der Waals surface area contributed by atoms with Gasteiger partial charge in [0.15, 0.2) is 10.9 Å². The smallest absolute Gasteiger partial charge is 0.343 e. The second-order valence-electron chi connectivity index (χ2n) is 6.47. The van der Waals surface area contributed by atoms with Gasteiger partial charge < -0.3 is 10.1 Å². The Hall–Kier alpha value is -2.06. The van der Waals surface area contributed by atoms with E-state index in [0.717, 1.165) is 13.1 Å². The van der Waals surface area contributed by atoms with Gasteiger partial charge in [0.2, 0.25) is 0 Å². The molecule has 1 N–H and O–H groups in total. The summed E-state index contributed by atoms with van der Waals surface area (Å²) in [6, 6.07) is 0.613. The molecule has 7 nitrogen and oxygen atoms in total. The molecule has 1 saturated heterocycles. The third kappa shape index (κ3) is 4.56. The van der Waals surface area contributed by atoms with Crippen LogP contribution in [-0.2, 0) is 11.3 Å². The van der Waals surface area contributed by atoms with Gasteiger partial charge in [0.05, 0.1) is 6.61 Å². The van der Waals surface area contributed by atoms with Gasteiger partial charge in [0, 0.05) is 29.9 Å². The van der Waals surface area contributed by atoms with Crippen LogP contribution in [0.15, 0.2) is 12.4 Å². The molecule has 0 aromatic carbocycles. The highest BCUT2D eigenvalue weighted by atomic mass is 32.1. The number of ether oxygens (including phenoxy) is 1. The molecule has 0 bridgehead atoms. The molecular formula is C18H25N5O2S. The molecule has 8 heteroatoms. The van der Waals surface area contributed by atoms with Crippen LogP contribution in [-0.4, -0.2) is 45.0 Å². The molecule has 3 rings (SSSR count). The molecule has 1 fully saturated rings. The minimum absolute atomic E-state index is 0.307. The fourth-order valence-corrected chi connectivity index (χ4v) is 3.89. The van der Waals surface area contributed by atoms with E-state index >= 15 is 0 Å². The first-order chi connectivity index (χ1) is 12.6. The lowest BCUT2D eigenvalue weighted by molar-refractivity contribution is 0.0526. The monoisotopic (exact) mass is 375 g/mol. The van der Waals surface area contributed by atoms with Gasteiger partial charge in [-0.3, -0.25) is 4.90 Å². The van der Waals surface area contributed by atoms with Crippen molar-refractivity contribution in [2.45, 2.75) is 52.6 Å². The minimum atomic E-state index is -0.436. The number of carbonyl (C=O) groups excluding carboxylic acids is 1. The van der Waals surface area contributed by atoms with Gasteiger partial charge in [0.25, 0.3) is 0 Å². The lowest BCUT2D eigenvalue weighted by Crippen LogP contribution is -2.36. The van der Waals surface area contributed by atoms with Crippen molar-refractivity contribution in [1.82, 2.24) is 19.9 Å². The second-order valence-corrected chi connectivity index (χ2v) is 7.59. The molecule has 1 atom stereocenters. The zero-order valence-electron chi connectivity index (χ0n) is 15.5. The molecule has 0 aliphatic carbocycles. The summed E-state index contributed by atoms with van der Waals surface area (Å²) in [5.41, 5.74) is 0.318. The maximum atomic E-state index is 12.1. The van der Waals surface area contributed by atoms with E-state index in [2.05, 4.69) is 32.1 Å². The van der Waals surface area contributed by atoms with Crippen LogP contribution in [0, 0.1) is 6.92 Å². The molecule has 26 heavy (non-hydrogen) atoms. The van der Waals surface area contributed by atoms with Crippen LogP contribution in [0.4, 0.5) is 10.9 Å². The van der Waals surface area contributed by atoms with E-state index in [9.17, 15) is 4.79 Å². The summed E-state index contributed by atoms with van der Waals surface area (Å²) < 4.78 is 5.08. The zero-order valence-corrected chi connectivity index (χ0v) is 16.3. The first kappa shape index (κ1) is 18.7. The largest absolute Gasteiger partial charge is 0.462 e. The van der Waals surface area contributed by atoms with E-state index in [1.807, 2.05) is 6.20 Å². The Bertz CT molecular complexity index is 764. The molecule has 3 heterocycles. The van der Waals surface area contributed by atoms with Gasteiger partial charge in [0.1, 0.15) is 11.4 Å². The van der Waals surface area contributed by atoms with Gasteiger partial charge >= 0.3 is 5.97 Å². The normalized spacial score (nSPS) is 17.9. The van der Waals surface area contributed by atoms with Crippen molar-refractivity contribution in [2.24, 2.45) is 0 Å². The molecule has 140 valence electrons. The Labute approximate surface area is 157 Å². The van der Waals surface area contributed by atoms with Gasteiger partial charge in [-0.1, -0.05) is 6.42 Å². The third-order valence-electron chi connectivity index (χ3n) is 4.48. The van der Waals surface area contributed by atoms with Crippen molar-refractivity contribution in [3.8, 4) is 0 Å². The van der Waals surface area contributed by atoms with Crippen LogP contribution in [0.2, 0.25) is 0 Å². The summed E-state index contributed by atoms with van der Waals surface area (Å²) in [4.78, 5) is 28.7.